The number of nitrogens with zero attached hydrogens (tertiary/aromatic N) is 1. The topological polar surface area (TPSA) is 105 Å². The predicted octanol–water partition coefficient (Wildman–Crippen LogP) is 14.6. The Morgan fingerprint density at radius 3 is 1.43 bits per heavy atom. The van der Waals surface area contributed by atoms with Crippen molar-refractivity contribution in [1.82, 2.24) is 5.32 Å². The highest BCUT2D eigenvalue weighted by molar-refractivity contribution is 7.47. The summed E-state index contributed by atoms with van der Waals surface area (Å²) in [7, 11) is 1.54. The summed E-state index contributed by atoms with van der Waals surface area (Å²) in [5.41, 5.74) is 0. The third kappa shape index (κ3) is 46.0. The van der Waals surface area contributed by atoms with E-state index in [0.29, 0.717) is 17.4 Å². The summed E-state index contributed by atoms with van der Waals surface area (Å²) in [5.74, 6) is -0.194. The fourth-order valence-electron chi connectivity index (χ4n) is 6.93. The van der Waals surface area contributed by atoms with Gasteiger partial charge in [0.25, 0.3) is 0 Å². The molecule has 3 unspecified atom stereocenters. The van der Waals surface area contributed by atoms with Crippen LogP contribution in [0.1, 0.15) is 213 Å². The van der Waals surface area contributed by atoms with Crippen molar-refractivity contribution in [3.8, 4) is 0 Å². The zero-order valence-electron chi connectivity index (χ0n) is 40.4. The number of allylic oxidation sites excluding steroid dienone is 9. The fraction of sp³-hybridized carbons (Fsp3) is 0.788. The normalized spacial score (nSPS) is 14.7. The van der Waals surface area contributed by atoms with Crippen LogP contribution in [-0.4, -0.2) is 73.4 Å². The molecule has 0 saturated heterocycles. The average molecular weight is 878 g/mol. The molecule has 0 aliphatic carbocycles. The fourth-order valence-corrected chi connectivity index (χ4v) is 7.66. The van der Waals surface area contributed by atoms with Crippen molar-refractivity contribution in [3.63, 3.8) is 0 Å². The van der Waals surface area contributed by atoms with Gasteiger partial charge in [0.1, 0.15) is 13.2 Å². The molecular formula is C52H98N2O6P+. The van der Waals surface area contributed by atoms with Gasteiger partial charge in [-0.15, -0.1) is 0 Å². The number of quaternary nitrogens is 1. The van der Waals surface area contributed by atoms with E-state index in [0.717, 1.165) is 51.4 Å². The number of hydrogen-bond acceptors (Lipinski definition) is 5. The highest BCUT2D eigenvalue weighted by Crippen LogP contribution is 2.43. The number of aliphatic hydroxyl groups is 1. The van der Waals surface area contributed by atoms with Crippen molar-refractivity contribution in [1.29, 1.82) is 0 Å². The summed E-state index contributed by atoms with van der Waals surface area (Å²) in [6, 6.07) is -0.871. The van der Waals surface area contributed by atoms with Crippen LogP contribution in [0.4, 0.5) is 0 Å². The van der Waals surface area contributed by atoms with Crippen LogP contribution in [0, 0.1) is 0 Å². The minimum atomic E-state index is -4.35. The number of carbonyl (C=O) groups excluding carboxylic acids is 1. The van der Waals surface area contributed by atoms with Gasteiger partial charge in [-0.05, 0) is 77.0 Å². The molecule has 61 heavy (non-hydrogen) atoms. The number of carbonyl (C=O) groups is 1. The molecule has 0 aromatic heterocycles. The van der Waals surface area contributed by atoms with Crippen LogP contribution in [0.15, 0.2) is 60.8 Å². The van der Waals surface area contributed by atoms with Gasteiger partial charge in [0, 0.05) is 6.42 Å². The number of amides is 1. The van der Waals surface area contributed by atoms with E-state index in [4.69, 9.17) is 9.05 Å². The first-order chi connectivity index (χ1) is 29.5. The number of nitrogens with one attached hydrogen (secondary N) is 1. The van der Waals surface area contributed by atoms with Gasteiger partial charge >= 0.3 is 7.82 Å². The monoisotopic (exact) mass is 878 g/mol. The van der Waals surface area contributed by atoms with E-state index >= 15 is 0 Å². The smallest absolute Gasteiger partial charge is 0.387 e. The maximum Gasteiger partial charge on any atom is 0.472 e. The first kappa shape index (κ1) is 59.2. The number of unbranched alkanes of at least 4 members (excludes halogenated alkanes) is 24. The molecule has 0 aromatic carbocycles. The second-order valence-electron chi connectivity index (χ2n) is 18.2. The van der Waals surface area contributed by atoms with Gasteiger partial charge < -0.3 is 19.8 Å². The van der Waals surface area contributed by atoms with Crippen molar-refractivity contribution < 1.29 is 32.9 Å². The second-order valence-corrected chi connectivity index (χ2v) is 19.6. The molecule has 0 radical (unpaired) electrons. The van der Waals surface area contributed by atoms with E-state index in [1.165, 1.54) is 141 Å². The Morgan fingerprint density at radius 1 is 0.557 bits per heavy atom. The van der Waals surface area contributed by atoms with Gasteiger partial charge in [-0.2, -0.15) is 0 Å². The lowest BCUT2D eigenvalue weighted by Crippen LogP contribution is -2.45. The van der Waals surface area contributed by atoms with Crippen LogP contribution in [0.25, 0.3) is 0 Å². The average Bonchev–Trinajstić information content (AvgIpc) is 3.21. The van der Waals surface area contributed by atoms with E-state index in [1.807, 2.05) is 27.2 Å². The van der Waals surface area contributed by atoms with Gasteiger partial charge in [0.2, 0.25) is 5.91 Å². The van der Waals surface area contributed by atoms with Crippen molar-refractivity contribution in [2.24, 2.45) is 0 Å². The molecule has 0 saturated carbocycles. The maximum atomic E-state index is 12.9. The Labute approximate surface area is 377 Å². The molecular weight excluding hydrogens is 780 g/mol. The zero-order chi connectivity index (χ0) is 45.0. The third-order valence-electron chi connectivity index (χ3n) is 10.9. The molecule has 9 heteroatoms. The summed E-state index contributed by atoms with van der Waals surface area (Å²) in [4.78, 5) is 23.2. The predicted molar refractivity (Wildman–Crippen MR) is 263 cm³/mol. The van der Waals surface area contributed by atoms with Gasteiger partial charge in [-0.25, -0.2) is 4.57 Å². The molecule has 0 heterocycles. The molecule has 8 nitrogen and oxygen atoms in total. The van der Waals surface area contributed by atoms with Crippen LogP contribution in [0.5, 0.6) is 0 Å². The van der Waals surface area contributed by atoms with Gasteiger partial charge in [-0.3, -0.25) is 13.8 Å². The Balaban J connectivity index is 4.28. The standard InChI is InChI=1S/C52H97N2O6P/c1-6-8-10-12-14-16-18-20-22-23-24-25-26-27-28-29-30-31-32-34-36-38-40-42-44-46-52(56)53-50(49-60-61(57,58)59-48-47-54(3,4)5)51(55)45-43-41-39-37-35-33-21-19-17-15-13-11-9-7-2/h17-20,23-24,35,37,43,45,50-51,55H,6-16,21-22,25-34,36,38-42,44,46-49H2,1-5H3,(H-,53,56,57,58)/p+1/b19-17+,20-18-,24-23-,37-35+,45-43+. The Bertz CT molecular complexity index is 1180. The largest absolute Gasteiger partial charge is 0.472 e. The number of aliphatic hydroxyl groups excluding tert-OH is 1. The van der Waals surface area contributed by atoms with Gasteiger partial charge in [-0.1, -0.05) is 190 Å². The molecule has 0 rings (SSSR count). The van der Waals surface area contributed by atoms with E-state index < -0.39 is 20.0 Å². The highest BCUT2D eigenvalue weighted by atomic mass is 31.2. The summed E-state index contributed by atoms with van der Waals surface area (Å²) < 4.78 is 23.6. The van der Waals surface area contributed by atoms with E-state index in [1.54, 1.807) is 6.08 Å². The van der Waals surface area contributed by atoms with Crippen molar-refractivity contribution in [3.05, 3.63) is 60.8 Å². The molecule has 0 aliphatic rings. The molecule has 0 bridgehead atoms. The van der Waals surface area contributed by atoms with E-state index in [-0.39, 0.29) is 19.1 Å². The SMILES string of the molecule is CCCCCC/C=C/CC/C=C/CC/C=C/C(O)C(COP(=O)(O)OCC[N+](C)(C)C)NC(=O)CCCCCCCCCCCCCCC/C=C\C/C=C\CCCCCCC. The quantitative estimate of drug-likeness (QED) is 0.0244. The zero-order valence-corrected chi connectivity index (χ0v) is 41.3. The Hall–Kier alpha value is -1.80. The first-order valence-electron chi connectivity index (χ1n) is 25.2. The van der Waals surface area contributed by atoms with Crippen LogP contribution in [0.3, 0.4) is 0 Å². The van der Waals surface area contributed by atoms with Crippen LogP contribution in [0.2, 0.25) is 0 Å². The minimum Gasteiger partial charge on any atom is -0.387 e. The maximum absolute atomic E-state index is 12.9. The lowest BCUT2D eigenvalue weighted by molar-refractivity contribution is -0.870. The summed E-state index contributed by atoms with van der Waals surface area (Å²) >= 11 is 0. The van der Waals surface area contributed by atoms with Crippen LogP contribution in [-0.2, 0) is 18.4 Å². The van der Waals surface area contributed by atoms with Crippen molar-refractivity contribution >= 4 is 13.7 Å². The van der Waals surface area contributed by atoms with Gasteiger partial charge in [0.05, 0.1) is 39.9 Å². The van der Waals surface area contributed by atoms with Crippen molar-refractivity contribution in [2.75, 3.05) is 40.9 Å². The van der Waals surface area contributed by atoms with Crippen LogP contribution < -0.4 is 5.32 Å². The Morgan fingerprint density at radius 2 is 0.951 bits per heavy atom. The first-order valence-corrected chi connectivity index (χ1v) is 26.7. The third-order valence-corrected chi connectivity index (χ3v) is 11.9. The number of likely N-dealkylation sites (N-methyl/N-ethyl adjacent to an activating group) is 1. The molecule has 0 spiro atoms. The second kappa shape index (κ2) is 43.5. The molecule has 356 valence electrons. The Kier molecular flexibility index (Phi) is 42.2. The number of phosphoric acid groups is 1. The van der Waals surface area contributed by atoms with Crippen LogP contribution >= 0.6 is 7.82 Å². The van der Waals surface area contributed by atoms with E-state index in [9.17, 15) is 19.4 Å². The molecule has 3 atom stereocenters. The molecule has 0 aliphatic heterocycles. The molecule has 0 aromatic rings. The highest BCUT2D eigenvalue weighted by Gasteiger charge is 2.27. The summed E-state index contributed by atoms with van der Waals surface area (Å²) in [6.45, 7) is 4.75. The van der Waals surface area contributed by atoms with E-state index in [2.05, 4.69) is 67.8 Å². The lowest BCUT2D eigenvalue weighted by atomic mass is 10.0. The molecule has 1 amide bonds. The minimum absolute atomic E-state index is 0.0518. The van der Waals surface area contributed by atoms with Crippen molar-refractivity contribution in [2.45, 2.75) is 225 Å². The lowest BCUT2D eigenvalue weighted by Gasteiger charge is -2.25. The number of hydrogen-bond donors (Lipinski definition) is 3. The summed E-state index contributed by atoms with van der Waals surface area (Å²) in [5, 5.41) is 13.8. The number of rotatable bonds is 45. The van der Waals surface area contributed by atoms with Gasteiger partial charge in [0.15, 0.2) is 0 Å². The molecule has 3 N–H and O–H groups in total. The number of phosphoric ester groups is 1. The molecule has 0 fully saturated rings. The summed E-state index contributed by atoms with van der Waals surface area (Å²) in [6.07, 6.45) is 57.3.